The normalized spacial score (nSPS) is 11.2. The maximum atomic E-state index is 11.4. The van der Waals surface area contributed by atoms with E-state index < -0.39 is 5.91 Å². The van der Waals surface area contributed by atoms with Gasteiger partial charge in [0.05, 0.1) is 16.7 Å². The molecule has 2 aromatic carbocycles. The van der Waals surface area contributed by atoms with Crippen LogP contribution in [0.3, 0.4) is 0 Å². The molecule has 8 heteroatoms. The quantitative estimate of drug-likeness (QED) is 0.440. The summed E-state index contributed by atoms with van der Waals surface area (Å²) in [6, 6.07) is 19.5. The molecule has 142 valence electrons. The smallest absolute Gasteiger partial charge is 0.284 e. The minimum absolute atomic E-state index is 0.140. The minimum Gasteiger partial charge on any atom is -0.363 e. The number of benzene rings is 2. The van der Waals surface area contributed by atoms with Gasteiger partial charge in [-0.25, -0.2) is 9.50 Å². The molecule has 0 saturated heterocycles. The summed E-state index contributed by atoms with van der Waals surface area (Å²) in [5, 5.41) is 7.85. The lowest BCUT2D eigenvalue weighted by atomic mass is 10.1. The van der Waals surface area contributed by atoms with E-state index in [-0.39, 0.29) is 5.82 Å². The topological polar surface area (TPSA) is 114 Å². The molecule has 0 atom stereocenters. The predicted octanol–water partition coefficient (Wildman–Crippen LogP) is 3.42. The van der Waals surface area contributed by atoms with Crippen LogP contribution in [0.15, 0.2) is 60.7 Å². The Hall–Kier alpha value is -4.20. The molecule has 0 aliphatic heterocycles. The van der Waals surface area contributed by atoms with E-state index in [9.17, 15) is 4.79 Å². The zero-order valence-corrected chi connectivity index (χ0v) is 15.5. The van der Waals surface area contributed by atoms with Crippen LogP contribution in [0, 0.1) is 6.92 Å². The Labute approximate surface area is 165 Å². The maximum Gasteiger partial charge on any atom is 0.284 e. The van der Waals surface area contributed by atoms with Gasteiger partial charge in [-0.15, -0.1) is 5.10 Å². The van der Waals surface area contributed by atoms with Crippen LogP contribution in [0.4, 0.5) is 11.6 Å². The predicted molar refractivity (Wildman–Crippen MR) is 111 cm³/mol. The number of aryl methyl sites for hydroxylation is 1. The average Bonchev–Trinajstić information content (AvgIpc) is 3.32. The van der Waals surface area contributed by atoms with E-state index in [0.717, 1.165) is 28.1 Å². The van der Waals surface area contributed by atoms with Gasteiger partial charge in [-0.05, 0) is 43.3 Å². The fourth-order valence-electron chi connectivity index (χ4n) is 3.23. The number of anilines is 2. The first kappa shape index (κ1) is 16.9. The van der Waals surface area contributed by atoms with Crippen molar-refractivity contribution in [1.82, 2.24) is 24.6 Å². The zero-order chi connectivity index (χ0) is 20.0. The highest BCUT2D eigenvalue weighted by Crippen LogP contribution is 2.25. The van der Waals surface area contributed by atoms with Gasteiger partial charge in [-0.3, -0.25) is 4.79 Å². The van der Waals surface area contributed by atoms with Crippen LogP contribution in [0.1, 0.15) is 16.2 Å². The van der Waals surface area contributed by atoms with Crippen LogP contribution in [0.5, 0.6) is 0 Å². The minimum atomic E-state index is -0.590. The molecule has 0 aliphatic rings. The molecule has 3 aromatic heterocycles. The first-order valence-corrected chi connectivity index (χ1v) is 9.06. The molecule has 0 spiro atoms. The number of nitrogens with two attached hydrogens (primary N) is 1. The molecule has 0 saturated carbocycles. The SMILES string of the molecule is Cc1ccc(Nc2nc3cccc(-c4ccc5nc(C(N)=O)[nH]c5c4)n3n2)cc1. The van der Waals surface area contributed by atoms with Crippen LogP contribution >= 0.6 is 0 Å². The van der Waals surface area contributed by atoms with Crippen LogP contribution in [0.2, 0.25) is 0 Å². The third kappa shape index (κ3) is 3.06. The third-order valence-electron chi connectivity index (χ3n) is 4.68. The number of aromatic amines is 1. The van der Waals surface area contributed by atoms with Gasteiger partial charge >= 0.3 is 0 Å². The fraction of sp³-hybridized carbons (Fsp3) is 0.0476. The van der Waals surface area contributed by atoms with Gasteiger partial charge in [-0.1, -0.05) is 29.8 Å². The highest BCUT2D eigenvalue weighted by atomic mass is 16.1. The van der Waals surface area contributed by atoms with E-state index in [4.69, 9.17) is 5.73 Å². The number of hydrogen-bond acceptors (Lipinski definition) is 5. The summed E-state index contributed by atoms with van der Waals surface area (Å²) in [6.07, 6.45) is 0. The van der Waals surface area contributed by atoms with E-state index in [0.29, 0.717) is 11.5 Å². The van der Waals surface area contributed by atoms with Gasteiger partial charge in [-0.2, -0.15) is 4.98 Å². The number of aromatic nitrogens is 5. The number of rotatable bonds is 4. The zero-order valence-electron chi connectivity index (χ0n) is 15.5. The number of imidazole rings is 1. The van der Waals surface area contributed by atoms with Crippen LogP contribution < -0.4 is 11.1 Å². The van der Waals surface area contributed by atoms with Crippen molar-refractivity contribution in [3.8, 4) is 11.3 Å². The van der Waals surface area contributed by atoms with Crippen molar-refractivity contribution in [3.63, 3.8) is 0 Å². The molecule has 0 aliphatic carbocycles. The first-order valence-electron chi connectivity index (χ1n) is 9.06. The van der Waals surface area contributed by atoms with Crippen molar-refractivity contribution < 1.29 is 4.79 Å². The molecule has 8 nitrogen and oxygen atoms in total. The highest BCUT2D eigenvalue weighted by molar-refractivity contribution is 5.93. The number of H-pyrrole nitrogens is 1. The second-order valence-electron chi connectivity index (χ2n) is 6.79. The first-order chi connectivity index (χ1) is 14.1. The number of nitrogens with one attached hydrogen (secondary N) is 2. The summed E-state index contributed by atoms with van der Waals surface area (Å²) in [4.78, 5) is 23.1. The molecule has 5 rings (SSSR count). The van der Waals surface area contributed by atoms with Crippen molar-refractivity contribution in [2.45, 2.75) is 6.92 Å². The Morgan fingerprint density at radius 1 is 1.07 bits per heavy atom. The number of amides is 1. The van der Waals surface area contributed by atoms with Crippen LogP contribution in [-0.4, -0.2) is 30.5 Å². The molecule has 0 bridgehead atoms. The number of carbonyl (C=O) groups is 1. The summed E-state index contributed by atoms with van der Waals surface area (Å²) in [5.41, 5.74) is 11.3. The van der Waals surface area contributed by atoms with Crippen molar-refractivity contribution >= 4 is 34.2 Å². The van der Waals surface area contributed by atoms with E-state index in [1.54, 1.807) is 4.52 Å². The Balaban J connectivity index is 1.56. The lowest BCUT2D eigenvalue weighted by molar-refractivity contribution is 0.0991. The summed E-state index contributed by atoms with van der Waals surface area (Å²) < 4.78 is 1.78. The summed E-state index contributed by atoms with van der Waals surface area (Å²) in [5.74, 6) is 0.0635. The molecule has 3 heterocycles. The number of nitrogens with zero attached hydrogens (tertiary/aromatic N) is 4. The van der Waals surface area contributed by atoms with Gasteiger partial charge in [0, 0.05) is 11.3 Å². The number of carbonyl (C=O) groups excluding carboxylic acids is 1. The Morgan fingerprint density at radius 3 is 2.69 bits per heavy atom. The Kier molecular flexibility index (Phi) is 3.77. The molecule has 0 unspecified atom stereocenters. The molecule has 5 aromatic rings. The van der Waals surface area contributed by atoms with E-state index >= 15 is 0 Å². The van der Waals surface area contributed by atoms with Gasteiger partial charge in [0.15, 0.2) is 11.5 Å². The number of hydrogen-bond donors (Lipinski definition) is 3. The van der Waals surface area contributed by atoms with Crippen LogP contribution in [0.25, 0.3) is 27.9 Å². The fourth-order valence-corrected chi connectivity index (χ4v) is 3.23. The third-order valence-corrected chi connectivity index (χ3v) is 4.68. The Morgan fingerprint density at radius 2 is 1.90 bits per heavy atom. The highest BCUT2D eigenvalue weighted by Gasteiger charge is 2.12. The van der Waals surface area contributed by atoms with Crippen molar-refractivity contribution in [2.24, 2.45) is 5.73 Å². The lowest BCUT2D eigenvalue weighted by Gasteiger charge is -2.04. The largest absolute Gasteiger partial charge is 0.363 e. The summed E-state index contributed by atoms with van der Waals surface area (Å²) in [6.45, 7) is 2.04. The molecular formula is C21H17N7O. The summed E-state index contributed by atoms with van der Waals surface area (Å²) in [7, 11) is 0. The summed E-state index contributed by atoms with van der Waals surface area (Å²) >= 11 is 0. The van der Waals surface area contributed by atoms with Crippen molar-refractivity contribution in [2.75, 3.05) is 5.32 Å². The van der Waals surface area contributed by atoms with Crippen molar-refractivity contribution in [3.05, 3.63) is 72.1 Å². The van der Waals surface area contributed by atoms with Crippen molar-refractivity contribution in [1.29, 1.82) is 0 Å². The van der Waals surface area contributed by atoms with Gasteiger partial charge in [0.1, 0.15) is 0 Å². The molecule has 1 amide bonds. The second-order valence-corrected chi connectivity index (χ2v) is 6.79. The Bertz CT molecular complexity index is 1370. The monoisotopic (exact) mass is 383 g/mol. The average molecular weight is 383 g/mol. The second kappa shape index (κ2) is 6.45. The standard InChI is InChI=1S/C21H17N7O/c1-12-5-8-14(9-6-12)23-21-26-18-4-2-3-17(28(18)27-21)13-7-10-15-16(11-13)25-20(24-15)19(22)29/h2-11H,1H3,(H2,22,29)(H,23,27)(H,24,25). The number of fused-ring (bicyclic) bond motifs is 2. The van der Waals surface area contributed by atoms with Gasteiger partial charge in [0.2, 0.25) is 5.95 Å². The van der Waals surface area contributed by atoms with Gasteiger partial charge < -0.3 is 16.0 Å². The molecule has 0 fully saturated rings. The molecule has 4 N–H and O–H groups in total. The number of pyridine rings is 1. The van der Waals surface area contributed by atoms with E-state index in [1.165, 1.54) is 5.56 Å². The maximum absolute atomic E-state index is 11.4. The molecule has 29 heavy (non-hydrogen) atoms. The van der Waals surface area contributed by atoms with Crippen LogP contribution in [-0.2, 0) is 0 Å². The molecular weight excluding hydrogens is 366 g/mol. The van der Waals surface area contributed by atoms with Gasteiger partial charge in [0.25, 0.3) is 5.91 Å². The molecule has 0 radical (unpaired) electrons. The number of primary amides is 1. The van der Waals surface area contributed by atoms with E-state index in [1.807, 2.05) is 67.6 Å². The van der Waals surface area contributed by atoms with E-state index in [2.05, 4.69) is 25.4 Å². The lowest BCUT2D eigenvalue weighted by Crippen LogP contribution is -2.12.